The van der Waals surface area contributed by atoms with Gasteiger partial charge >= 0.3 is 0 Å². The van der Waals surface area contributed by atoms with Gasteiger partial charge in [-0.05, 0) is 35.2 Å². The number of rotatable bonds is 4. The Morgan fingerprint density at radius 3 is 2.69 bits per heavy atom. The molecule has 0 aliphatic carbocycles. The molecule has 0 saturated carbocycles. The van der Waals surface area contributed by atoms with Crippen LogP contribution in [0, 0.1) is 5.82 Å². The maximum atomic E-state index is 14.3. The fourth-order valence-corrected chi connectivity index (χ4v) is 5.49. The zero-order valence-corrected chi connectivity index (χ0v) is 15.8. The molecule has 0 radical (unpaired) electrons. The van der Waals surface area contributed by atoms with Crippen molar-refractivity contribution < 1.29 is 14.3 Å². The first kappa shape index (κ1) is 17.4. The summed E-state index contributed by atoms with van der Waals surface area (Å²) in [5.74, 6) is -0.767. The lowest BCUT2D eigenvalue weighted by Gasteiger charge is -2.29. The average Bonchev–Trinajstić information content (AvgIpc) is 3.36. The molecule has 1 aliphatic heterocycles. The molecule has 1 aromatic carbocycles. The Kier molecular flexibility index (Phi) is 4.65. The number of carbonyl (C=O) groups is 1. The Balaban J connectivity index is 1.67. The molecule has 0 spiro atoms. The second-order valence-electron chi connectivity index (χ2n) is 6.45. The van der Waals surface area contributed by atoms with Crippen LogP contribution in [0.15, 0.2) is 53.9 Å². The second kappa shape index (κ2) is 6.95. The summed E-state index contributed by atoms with van der Waals surface area (Å²) in [5, 5.41) is 13.1. The van der Waals surface area contributed by atoms with Crippen molar-refractivity contribution in [2.24, 2.45) is 0 Å². The first-order valence-corrected chi connectivity index (χ1v) is 10.1. The van der Waals surface area contributed by atoms with E-state index in [1.165, 1.54) is 17.4 Å². The van der Waals surface area contributed by atoms with E-state index >= 15 is 0 Å². The Morgan fingerprint density at radius 1 is 1.15 bits per heavy atom. The van der Waals surface area contributed by atoms with Crippen molar-refractivity contribution in [3.8, 4) is 9.75 Å². The van der Waals surface area contributed by atoms with Crippen LogP contribution in [0.4, 0.5) is 4.39 Å². The molecule has 3 heterocycles. The van der Waals surface area contributed by atoms with Gasteiger partial charge in [0.25, 0.3) is 0 Å². The number of aliphatic hydroxyl groups is 1. The van der Waals surface area contributed by atoms with Gasteiger partial charge in [0.2, 0.25) is 5.91 Å². The van der Waals surface area contributed by atoms with Crippen molar-refractivity contribution >= 4 is 28.6 Å². The average molecular weight is 388 g/mol. The van der Waals surface area contributed by atoms with Crippen LogP contribution in [-0.4, -0.2) is 29.0 Å². The number of hydrogen-bond donors (Lipinski definition) is 1. The first-order chi connectivity index (χ1) is 12.6. The molecule has 1 N–H and O–H groups in total. The van der Waals surface area contributed by atoms with E-state index in [1.54, 1.807) is 41.5 Å². The molecule has 6 heteroatoms. The number of amides is 1. The number of thiophene rings is 2. The zero-order chi connectivity index (χ0) is 18.3. The maximum Gasteiger partial charge on any atom is 0.223 e. The third-order valence-electron chi connectivity index (χ3n) is 4.96. The molecule has 134 valence electrons. The van der Waals surface area contributed by atoms with Crippen LogP contribution in [0.5, 0.6) is 0 Å². The summed E-state index contributed by atoms with van der Waals surface area (Å²) in [4.78, 5) is 16.9. The molecule has 1 saturated heterocycles. The van der Waals surface area contributed by atoms with E-state index in [0.29, 0.717) is 5.56 Å². The summed E-state index contributed by atoms with van der Waals surface area (Å²) >= 11 is 3.17. The summed E-state index contributed by atoms with van der Waals surface area (Å²) in [6.45, 7) is 0. The highest BCUT2D eigenvalue weighted by atomic mass is 32.1. The lowest BCUT2D eigenvalue weighted by molar-refractivity contribution is -0.128. The number of benzene rings is 1. The van der Waals surface area contributed by atoms with Crippen LogP contribution in [-0.2, 0) is 4.79 Å². The molecule has 1 aliphatic rings. The topological polar surface area (TPSA) is 40.5 Å². The summed E-state index contributed by atoms with van der Waals surface area (Å²) in [6, 6.07) is 14.0. The highest BCUT2D eigenvalue weighted by Crippen LogP contribution is 2.43. The first-order valence-electron chi connectivity index (χ1n) is 8.38. The van der Waals surface area contributed by atoms with Gasteiger partial charge in [-0.15, -0.1) is 22.7 Å². The van der Waals surface area contributed by atoms with E-state index < -0.39 is 12.1 Å². The molecule has 3 nitrogen and oxygen atoms in total. The third kappa shape index (κ3) is 2.98. The Morgan fingerprint density at radius 2 is 1.96 bits per heavy atom. The van der Waals surface area contributed by atoms with Gasteiger partial charge < -0.3 is 10.0 Å². The fraction of sp³-hybridized carbons (Fsp3) is 0.250. The normalized spacial score (nSPS) is 21.3. The minimum atomic E-state index is -0.852. The predicted molar refractivity (Wildman–Crippen MR) is 103 cm³/mol. The van der Waals surface area contributed by atoms with Gasteiger partial charge in [-0.25, -0.2) is 4.39 Å². The summed E-state index contributed by atoms with van der Waals surface area (Å²) in [7, 11) is 1.69. The minimum Gasteiger partial charge on any atom is -0.385 e. The van der Waals surface area contributed by atoms with E-state index in [9.17, 15) is 14.3 Å². The molecule has 1 amide bonds. The minimum absolute atomic E-state index is 0.0719. The molecular formula is C20H18FNO2S2. The number of aliphatic hydroxyl groups excluding tert-OH is 1. The van der Waals surface area contributed by atoms with E-state index in [1.807, 2.05) is 29.6 Å². The molecule has 4 rings (SSSR count). The monoisotopic (exact) mass is 387 g/mol. The van der Waals surface area contributed by atoms with Gasteiger partial charge in [-0.2, -0.15) is 0 Å². The van der Waals surface area contributed by atoms with E-state index in [4.69, 9.17) is 0 Å². The van der Waals surface area contributed by atoms with E-state index in [-0.39, 0.29) is 24.1 Å². The van der Waals surface area contributed by atoms with Crippen molar-refractivity contribution in [3.63, 3.8) is 0 Å². The van der Waals surface area contributed by atoms with Crippen molar-refractivity contribution in [1.82, 2.24) is 4.90 Å². The number of halogens is 1. The van der Waals surface area contributed by atoms with Gasteiger partial charge in [0.05, 0.1) is 6.04 Å². The van der Waals surface area contributed by atoms with Crippen LogP contribution >= 0.6 is 22.7 Å². The van der Waals surface area contributed by atoms with Crippen LogP contribution in [0.25, 0.3) is 9.75 Å². The van der Waals surface area contributed by atoms with Crippen LogP contribution in [0.2, 0.25) is 0 Å². The molecule has 3 atom stereocenters. The van der Waals surface area contributed by atoms with E-state index in [2.05, 4.69) is 0 Å². The Labute approximate surface area is 159 Å². The summed E-state index contributed by atoms with van der Waals surface area (Å²) in [5.41, 5.74) is 0.490. The standard InChI is InChI=1S/C20H18FNO2S2/c1-22-18(23)11-13(12-5-2-3-6-14(12)21)19(22)20(24)17-9-8-16(26-17)15-7-4-10-25-15/h2-10,13,19-20,24H,11H2,1H3/t13-,19-,20-/m1/s1. The molecule has 1 fully saturated rings. The molecular weight excluding hydrogens is 369 g/mol. The smallest absolute Gasteiger partial charge is 0.223 e. The zero-order valence-electron chi connectivity index (χ0n) is 14.1. The highest BCUT2D eigenvalue weighted by molar-refractivity contribution is 7.21. The van der Waals surface area contributed by atoms with Crippen LogP contribution in [0.3, 0.4) is 0 Å². The van der Waals surface area contributed by atoms with Crippen molar-refractivity contribution in [1.29, 1.82) is 0 Å². The fourth-order valence-electron chi connectivity index (χ4n) is 3.62. The number of hydrogen-bond acceptors (Lipinski definition) is 4. The van der Waals surface area contributed by atoms with Crippen molar-refractivity contribution in [2.75, 3.05) is 7.05 Å². The van der Waals surface area contributed by atoms with Gasteiger partial charge in [-0.1, -0.05) is 24.3 Å². The quantitative estimate of drug-likeness (QED) is 0.707. The number of carbonyl (C=O) groups excluding carboxylic acids is 1. The van der Waals surface area contributed by atoms with Crippen molar-refractivity contribution in [3.05, 3.63) is 70.2 Å². The number of likely N-dealkylation sites (N-methyl/N-ethyl adjacent to an activating group) is 1. The number of nitrogens with zero attached hydrogens (tertiary/aromatic N) is 1. The molecule has 26 heavy (non-hydrogen) atoms. The highest BCUT2D eigenvalue weighted by Gasteiger charge is 2.44. The van der Waals surface area contributed by atoms with Crippen LogP contribution in [0.1, 0.15) is 28.9 Å². The molecule has 2 aromatic heterocycles. The van der Waals surface area contributed by atoms with Gasteiger partial charge in [0, 0.05) is 34.0 Å². The van der Waals surface area contributed by atoms with Gasteiger partial charge in [-0.3, -0.25) is 4.79 Å². The largest absolute Gasteiger partial charge is 0.385 e. The predicted octanol–water partition coefficient (Wildman–Crippen LogP) is 4.66. The Hall–Kier alpha value is -2.02. The van der Waals surface area contributed by atoms with E-state index in [0.717, 1.165) is 14.6 Å². The maximum absolute atomic E-state index is 14.3. The van der Waals surface area contributed by atoms with Gasteiger partial charge in [0.15, 0.2) is 0 Å². The Bertz CT molecular complexity index is 922. The van der Waals surface area contributed by atoms with Crippen LogP contribution < -0.4 is 0 Å². The molecule has 3 aromatic rings. The SMILES string of the molecule is CN1C(=O)C[C@H](c2ccccc2F)[C@@H]1[C@H](O)c1ccc(-c2cccs2)s1. The molecule has 0 unspecified atom stereocenters. The second-order valence-corrected chi connectivity index (χ2v) is 8.51. The van der Waals surface area contributed by atoms with Crippen molar-refractivity contribution in [2.45, 2.75) is 24.5 Å². The lowest BCUT2D eigenvalue weighted by atomic mass is 9.88. The lowest BCUT2D eigenvalue weighted by Crippen LogP contribution is -2.36. The summed E-state index contributed by atoms with van der Waals surface area (Å²) in [6.07, 6.45) is -0.641. The molecule has 0 bridgehead atoms. The number of likely N-dealkylation sites (tertiary alicyclic amines) is 1. The summed E-state index contributed by atoms with van der Waals surface area (Å²) < 4.78 is 14.3. The van der Waals surface area contributed by atoms with Gasteiger partial charge in [0.1, 0.15) is 11.9 Å². The third-order valence-corrected chi connectivity index (χ3v) is 7.18.